The van der Waals surface area contributed by atoms with Crippen LogP contribution in [0.3, 0.4) is 0 Å². The molecule has 2 aromatic carbocycles. The van der Waals surface area contributed by atoms with Gasteiger partial charge >= 0.3 is 6.18 Å². The van der Waals surface area contributed by atoms with Gasteiger partial charge in [0.1, 0.15) is 5.82 Å². The Kier molecular flexibility index (Phi) is 6.09. The van der Waals surface area contributed by atoms with E-state index in [0.717, 1.165) is 17.8 Å². The molecule has 4 nitrogen and oxygen atoms in total. The lowest BCUT2D eigenvalue weighted by Crippen LogP contribution is -2.19. The lowest BCUT2D eigenvalue weighted by molar-refractivity contribution is -0.137. The van der Waals surface area contributed by atoms with Gasteiger partial charge < -0.3 is 10.6 Å². The molecule has 1 aromatic heterocycles. The van der Waals surface area contributed by atoms with Crippen LogP contribution in [0.5, 0.6) is 0 Å². The number of hydrogen-bond donors (Lipinski definition) is 2. The molecule has 0 bridgehead atoms. The monoisotopic (exact) mass is 442 g/mol. The molecule has 0 saturated heterocycles. The van der Waals surface area contributed by atoms with E-state index in [1.807, 2.05) is 0 Å². The molecule has 3 rings (SSSR count). The molecule has 0 unspecified atom stereocenters. The maximum Gasteiger partial charge on any atom is 0.416 e. The number of anilines is 2. The van der Waals surface area contributed by atoms with Gasteiger partial charge in [-0.25, -0.2) is 4.39 Å². The van der Waals surface area contributed by atoms with Crippen LogP contribution in [-0.2, 0) is 12.7 Å². The largest absolute Gasteiger partial charge is 0.416 e. The van der Waals surface area contributed by atoms with Crippen molar-refractivity contribution < 1.29 is 17.6 Å². The first-order chi connectivity index (χ1) is 13.6. The first kappa shape index (κ1) is 21.1. The summed E-state index contributed by atoms with van der Waals surface area (Å²) in [4.78, 5) is 0. The fourth-order valence-electron chi connectivity index (χ4n) is 2.60. The normalized spacial score (nSPS) is 11.4. The van der Waals surface area contributed by atoms with Crippen molar-refractivity contribution in [3.05, 3.63) is 76.2 Å². The van der Waals surface area contributed by atoms with Crippen LogP contribution in [0.2, 0.25) is 5.02 Å². The number of aromatic nitrogens is 2. The number of alkyl halides is 3. The van der Waals surface area contributed by atoms with Crippen LogP contribution in [-0.4, -0.2) is 14.9 Å². The number of aryl methyl sites for hydroxylation is 1. The number of nitrogens with zero attached hydrogens (tertiary/aromatic N) is 2. The van der Waals surface area contributed by atoms with Crippen molar-refractivity contribution in [2.24, 2.45) is 0 Å². The zero-order valence-electron chi connectivity index (χ0n) is 15.0. The number of nitrogens with one attached hydrogen (secondary N) is 2. The number of halogens is 5. The molecular formula is C19H15ClF4N4S. The van der Waals surface area contributed by atoms with Gasteiger partial charge in [-0.1, -0.05) is 23.7 Å². The van der Waals surface area contributed by atoms with Crippen molar-refractivity contribution >= 4 is 40.4 Å². The highest BCUT2D eigenvalue weighted by Gasteiger charge is 2.30. The van der Waals surface area contributed by atoms with E-state index in [-0.39, 0.29) is 16.7 Å². The van der Waals surface area contributed by atoms with Gasteiger partial charge in [0.25, 0.3) is 0 Å². The molecule has 0 aliphatic rings. The molecule has 0 radical (unpaired) electrons. The first-order valence-electron chi connectivity index (χ1n) is 8.35. The summed E-state index contributed by atoms with van der Waals surface area (Å²) in [6, 6.07) is 10.9. The summed E-state index contributed by atoms with van der Waals surface area (Å²) in [5.41, 5.74) is 0.993. The number of benzene rings is 2. The Balaban J connectivity index is 1.68. The van der Waals surface area contributed by atoms with Crippen molar-refractivity contribution in [1.82, 2.24) is 9.78 Å². The van der Waals surface area contributed by atoms with Gasteiger partial charge in [-0.3, -0.25) is 4.68 Å². The fourth-order valence-corrected chi connectivity index (χ4v) is 3.01. The lowest BCUT2D eigenvalue weighted by Gasteiger charge is -2.10. The SMILES string of the molecule is Cc1cc(NC(=S)Nc2ccc(F)c(Cl)c2)nn1Cc1cccc(C(F)(F)F)c1. The van der Waals surface area contributed by atoms with E-state index in [2.05, 4.69) is 15.7 Å². The highest BCUT2D eigenvalue weighted by Crippen LogP contribution is 2.29. The molecule has 0 spiro atoms. The van der Waals surface area contributed by atoms with Gasteiger partial charge in [0.2, 0.25) is 0 Å². The highest BCUT2D eigenvalue weighted by molar-refractivity contribution is 7.80. The smallest absolute Gasteiger partial charge is 0.332 e. The maximum absolute atomic E-state index is 13.2. The summed E-state index contributed by atoms with van der Waals surface area (Å²) in [6.45, 7) is 1.95. The van der Waals surface area contributed by atoms with Crippen LogP contribution in [0, 0.1) is 12.7 Å². The van der Waals surface area contributed by atoms with Crippen molar-refractivity contribution in [3.8, 4) is 0 Å². The number of thiocarbonyl (C=S) groups is 1. The van der Waals surface area contributed by atoms with Crippen LogP contribution in [0.15, 0.2) is 48.5 Å². The van der Waals surface area contributed by atoms with Crippen molar-refractivity contribution in [3.63, 3.8) is 0 Å². The Morgan fingerprint density at radius 1 is 1.14 bits per heavy atom. The van der Waals surface area contributed by atoms with Gasteiger partial charge in [0.05, 0.1) is 17.1 Å². The minimum absolute atomic E-state index is 0.0426. The van der Waals surface area contributed by atoms with Crippen LogP contribution in [0.25, 0.3) is 0 Å². The lowest BCUT2D eigenvalue weighted by atomic mass is 10.1. The van der Waals surface area contributed by atoms with Crippen LogP contribution < -0.4 is 10.6 Å². The minimum atomic E-state index is -4.40. The van der Waals surface area contributed by atoms with Gasteiger partial charge in [-0.05, 0) is 55.0 Å². The topological polar surface area (TPSA) is 41.9 Å². The molecule has 152 valence electrons. The second-order valence-electron chi connectivity index (χ2n) is 6.23. The standard InChI is InChI=1S/C19H15ClF4N4S/c1-11-7-17(26-18(29)25-14-5-6-16(21)15(20)9-14)27-28(11)10-12-3-2-4-13(8-12)19(22,23)24/h2-9H,10H2,1H3,(H2,25,26,27,29). The van der Waals surface area contributed by atoms with E-state index in [0.29, 0.717) is 17.1 Å². The van der Waals surface area contributed by atoms with Gasteiger partial charge in [0.15, 0.2) is 10.9 Å². The molecule has 3 aromatic rings. The molecule has 1 heterocycles. The fraction of sp³-hybridized carbons (Fsp3) is 0.158. The Labute approximate surface area is 174 Å². The van der Waals surface area contributed by atoms with Crippen LogP contribution in [0.1, 0.15) is 16.8 Å². The summed E-state index contributed by atoms with van der Waals surface area (Å²) in [5.74, 6) is -0.125. The summed E-state index contributed by atoms with van der Waals surface area (Å²) in [7, 11) is 0. The third-order valence-corrected chi connectivity index (χ3v) is 4.48. The van der Waals surface area contributed by atoms with E-state index in [9.17, 15) is 17.6 Å². The number of rotatable bonds is 4. The molecule has 0 fully saturated rings. The minimum Gasteiger partial charge on any atom is -0.332 e. The van der Waals surface area contributed by atoms with Crippen LogP contribution in [0.4, 0.5) is 29.1 Å². The highest BCUT2D eigenvalue weighted by atomic mass is 35.5. The molecule has 0 atom stereocenters. The third kappa shape index (κ3) is 5.45. The summed E-state index contributed by atoms with van der Waals surface area (Å²) >= 11 is 10.9. The van der Waals surface area contributed by atoms with Gasteiger partial charge in [-0.2, -0.15) is 18.3 Å². The third-order valence-electron chi connectivity index (χ3n) is 3.99. The molecule has 0 amide bonds. The second kappa shape index (κ2) is 8.38. The summed E-state index contributed by atoms with van der Waals surface area (Å²) in [6.07, 6.45) is -4.40. The quantitative estimate of drug-likeness (QED) is 0.392. The Hall–Kier alpha value is -2.65. The van der Waals surface area contributed by atoms with E-state index in [1.165, 1.54) is 24.3 Å². The second-order valence-corrected chi connectivity index (χ2v) is 7.05. The van der Waals surface area contributed by atoms with Crippen molar-refractivity contribution in [2.45, 2.75) is 19.6 Å². The zero-order valence-corrected chi connectivity index (χ0v) is 16.6. The molecular weight excluding hydrogens is 428 g/mol. The summed E-state index contributed by atoms with van der Waals surface area (Å²) < 4.78 is 53.4. The van der Waals surface area contributed by atoms with E-state index in [4.69, 9.17) is 23.8 Å². The predicted octanol–water partition coefficient (Wildman–Crippen LogP) is 5.86. The predicted molar refractivity (Wildman–Crippen MR) is 109 cm³/mol. The molecule has 2 N–H and O–H groups in total. The Morgan fingerprint density at radius 3 is 2.59 bits per heavy atom. The van der Waals surface area contributed by atoms with Gasteiger partial charge in [0, 0.05) is 17.4 Å². The average molecular weight is 443 g/mol. The molecule has 29 heavy (non-hydrogen) atoms. The Bertz CT molecular complexity index is 1050. The molecule has 0 aliphatic heterocycles. The van der Waals surface area contributed by atoms with E-state index in [1.54, 1.807) is 23.7 Å². The molecule has 0 aliphatic carbocycles. The molecule has 0 saturated carbocycles. The van der Waals surface area contributed by atoms with E-state index < -0.39 is 17.6 Å². The first-order valence-corrected chi connectivity index (χ1v) is 9.14. The van der Waals surface area contributed by atoms with Crippen molar-refractivity contribution in [1.29, 1.82) is 0 Å². The summed E-state index contributed by atoms with van der Waals surface area (Å²) in [5, 5.41) is 10.2. The van der Waals surface area contributed by atoms with E-state index >= 15 is 0 Å². The number of hydrogen-bond acceptors (Lipinski definition) is 2. The maximum atomic E-state index is 13.2. The zero-order chi connectivity index (χ0) is 21.2. The average Bonchev–Trinajstić information content (AvgIpc) is 2.96. The van der Waals surface area contributed by atoms with Gasteiger partial charge in [-0.15, -0.1) is 0 Å². The molecule has 10 heteroatoms. The van der Waals surface area contributed by atoms with Crippen molar-refractivity contribution in [2.75, 3.05) is 10.6 Å². The Morgan fingerprint density at radius 2 is 1.90 bits per heavy atom. The van der Waals surface area contributed by atoms with Crippen LogP contribution >= 0.6 is 23.8 Å².